The van der Waals surface area contributed by atoms with Gasteiger partial charge in [-0.05, 0) is 33.3 Å². The third kappa shape index (κ3) is 5.97. The fourth-order valence-corrected chi connectivity index (χ4v) is 3.88. The quantitative estimate of drug-likeness (QED) is 0.323. The Kier molecular flexibility index (Phi) is 7.82. The minimum Gasteiger partial charge on any atom is -0.368 e. The van der Waals surface area contributed by atoms with Gasteiger partial charge in [-0.15, -0.1) is 0 Å². The highest BCUT2D eigenvalue weighted by molar-refractivity contribution is 5.96. The maximum atomic E-state index is 11.9. The topological polar surface area (TPSA) is 101 Å². The zero-order chi connectivity index (χ0) is 24.0. The molecule has 3 N–H and O–H groups in total. The first-order chi connectivity index (χ1) is 15.8. The van der Waals surface area contributed by atoms with E-state index in [1.165, 1.54) is 6.92 Å². The third-order valence-corrected chi connectivity index (χ3v) is 5.50. The molecule has 0 saturated carbocycles. The van der Waals surface area contributed by atoms with E-state index in [1.54, 1.807) is 6.92 Å². The van der Waals surface area contributed by atoms with Crippen molar-refractivity contribution in [3.05, 3.63) is 58.9 Å². The number of aryl methyl sites for hydroxylation is 1. The maximum Gasteiger partial charge on any atom is 0.216 e. The molecule has 0 aliphatic carbocycles. The van der Waals surface area contributed by atoms with Crippen LogP contribution in [0.3, 0.4) is 0 Å². The summed E-state index contributed by atoms with van der Waals surface area (Å²) in [5.41, 5.74) is 4.60. The number of carbonyl (C=O) groups excluding carboxylic acids is 2. The van der Waals surface area contributed by atoms with E-state index in [0.29, 0.717) is 32.0 Å². The SMILES string of the molecule is CC(=O)NCCNc1nc(-c2ccccc2)nc(NCCn2cc(C)c(C(C)=O)c2C)c1C. The second-order valence-corrected chi connectivity index (χ2v) is 8.09. The smallest absolute Gasteiger partial charge is 0.216 e. The van der Waals surface area contributed by atoms with Crippen molar-refractivity contribution in [2.24, 2.45) is 0 Å². The molecular formula is C25H32N6O2. The third-order valence-electron chi connectivity index (χ3n) is 5.50. The van der Waals surface area contributed by atoms with Crippen LogP contribution in [-0.4, -0.2) is 45.9 Å². The zero-order valence-electron chi connectivity index (χ0n) is 20.0. The van der Waals surface area contributed by atoms with Gasteiger partial charge in [-0.3, -0.25) is 9.59 Å². The van der Waals surface area contributed by atoms with Gasteiger partial charge in [0.1, 0.15) is 11.6 Å². The van der Waals surface area contributed by atoms with Gasteiger partial charge in [0.15, 0.2) is 11.6 Å². The summed E-state index contributed by atoms with van der Waals surface area (Å²) >= 11 is 0. The Labute approximate surface area is 194 Å². The molecule has 0 aliphatic rings. The molecule has 0 unspecified atom stereocenters. The molecule has 3 aromatic rings. The lowest BCUT2D eigenvalue weighted by Crippen LogP contribution is -2.26. The number of amides is 1. The number of hydrogen-bond acceptors (Lipinski definition) is 6. The fraction of sp³-hybridized carbons (Fsp3) is 0.360. The first kappa shape index (κ1) is 24.0. The highest BCUT2D eigenvalue weighted by Crippen LogP contribution is 2.25. The van der Waals surface area contributed by atoms with Crippen LogP contribution >= 0.6 is 0 Å². The van der Waals surface area contributed by atoms with Crippen molar-refractivity contribution < 1.29 is 9.59 Å². The summed E-state index contributed by atoms with van der Waals surface area (Å²) in [4.78, 5) is 32.5. The number of nitrogens with one attached hydrogen (secondary N) is 3. The van der Waals surface area contributed by atoms with E-state index >= 15 is 0 Å². The Bertz CT molecular complexity index is 1140. The molecule has 0 fully saturated rings. The van der Waals surface area contributed by atoms with Gasteiger partial charge in [0, 0.05) is 61.7 Å². The fourth-order valence-electron chi connectivity index (χ4n) is 3.88. The molecule has 1 aromatic carbocycles. The van der Waals surface area contributed by atoms with Crippen LogP contribution in [0, 0.1) is 20.8 Å². The van der Waals surface area contributed by atoms with Crippen molar-refractivity contribution in [1.82, 2.24) is 19.9 Å². The van der Waals surface area contributed by atoms with Gasteiger partial charge < -0.3 is 20.5 Å². The summed E-state index contributed by atoms with van der Waals surface area (Å²) in [6.45, 7) is 11.4. The van der Waals surface area contributed by atoms with Gasteiger partial charge in [0.25, 0.3) is 0 Å². The summed E-state index contributed by atoms with van der Waals surface area (Å²) < 4.78 is 2.10. The molecular weight excluding hydrogens is 416 g/mol. The number of benzene rings is 1. The lowest BCUT2D eigenvalue weighted by molar-refractivity contribution is -0.118. The van der Waals surface area contributed by atoms with E-state index in [9.17, 15) is 9.59 Å². The van der Waals surface area contributed by atoms with Crippen LogP contribution in [0.4, 0.5) is 11.6 Å². The second kappa shape index (κ2) is 10.8. The van der Waals surface area contributed by atoms with Gasteiger partial charge >= 0.3 is 0 Å². The van der Waals surface area contributed by atoms with Gasteiger partial charge in [0.05, 0.1) is 0 Å². The van der Waals surface area contributed by atoms with Crippen molar-refractivity contribution in [3.63, 3.8) is 0 Å². The van der Waals surface area contributed by atoms with Crippen LogP contribution in [0.5, 0.6) is 0 Å². The van der Waals surface area contributed by atoms with Crippen molar-refractivity contribution in [2.45, 2.75) is 41.2 Å². The van der Waals surface area contributed by atoms with Crippen LogP contribution in [-0.2, 0) is 11.3 Å². The van der Waals surface area contributed by atoms with E-state index in [4.69, 9.17) is 9.97 Å². The van der Waals surface area contributed by atoms with Gasteiger partial charge in [-0.1, -0.05) is 30.3 Å². The second-order valence-electron chi connectivity index (χ2n) is 8.09. The molecule has 0 aliphatic heterocycles. The van der Waals surface area contributed by atoms with Crippen LogP contribution in [0.15, 0.2) is 36.5 Å². The standard InChI is InChI=1S/C25H32N6O2/c1-16-15-31(18(3)22(16)19(4)32)14-13-28-24-17(2)23(27-12-11-26-20(5)33)29-25(30-24)21-9-7-6-8-10-21/h6-10,15H,11-14H2,1-5H3,(H,26,33)(H2,27,28,29,30). The van der Waals surface area contributed by atoms with Gasteiger partial charge in [-0.25, -0.2) is 9.97 Å². The van der Waals surface area contributed by atoms with Gasteiger partial charge in [-0.2, -0.15) is 0 Å². The maximum absolute atomic E-state index is 11.9. The number of ketones is 1. The average molecular weight is 449 g/mol. The number of anilines is 2. The molecule has 33 heavy (non-hydrogen) atoms. The molecule has 8 nitrogen and oxygen atoms in total. The predicted octanol–water partition coefficient (Wildman–Crippen LogP) is 3.73. The van der Waals surface area contributed by atoms with Crippen molar-refractivity contribution in [3.8, 4) is 11.4 Å². The van der Waals surface area contributed by atoms with E-state index < -0.39 is 0 Å². The van der Waals surface area contributed by atoms with Crippen LogP contribution in [0.2, 0.25) is 0 Å². The molecule has 174 valence electrons. The summed E-state index contributed by atoms with van der Waals surface area (Å²) in [7, 11) is 0. The first-order valence-corrected chi connectivity index (χ1v) is 11.1. The summed E-state index contributed by atoms with van der Waals surface area (Å²) in [6.07, 6.45) is 2.02. The lowest BCUT2D eigenvalue weighted by atomic mass is 10.1. The summed E-state index contributed by atoms with van der Waals surface area (Å²) in [5.74, 6) is 2.12. The number of rotatable bonds is 10. The molecule has 2 aromatic heterocycles. The molecule has 3 rings (SSSR count). The summed E-state index contributed by atoms with van der Waals surface area (Å²) in [6, 6.07) is 9.83. The minimum absolute atomic E-state index is 0.0630. The van der Waals surface area contributed by atoms with Crippen LogP contribution < -0.4 is 16.0 Å². The largest absolute Gasteiger partial charge is 0.368 e. The molecule has 0 saturated heterocycles. The van der Waals surface area contributed by atoms with E-state index in [2.05, 4.69) is 20.5 Å². The molecule has 1 amide bonds. The lowest BCUT2D eigenvalue weighted by Gasteiger charge is -2.16. The molecule has 0 atom stereocenters. The molecule has 0 bridgehead atoms. The average Bonchev–Trinajstić information content (AvgIpc) is 3.06. The van der Waals surface area contributed by atoms with Gasteiger partial charge in [0.2, 0.25) is 5.91 Å². The minimum atomic E-state index is -0.0630. The molecule has 2 heterocycles. The highest BCUT2D eigenvalue weighted by Gasteiger charge is 2.15. The summed E-state index contributed by atoms with van der Waals surface area (Å²) in [5, 5.41) is 9.53. The Morgan fingerprint density at radius 1 is 0.909 bits per heavy atom. The normalized spacial score (nSPS) is 10.7. The predicted molar refractivity (Wildman–Crippen MR) is 132 cm³/mol. The first-order valence-electron chi connectivity index (χ1n) is 11.1. The Hall–Kier alpha value is -3.68. The van der Waals surface area contributed by atoms with Crippen LogP contribution in [0.1, 0.15) is 41.0 Å². The van der Waals surface area contributed by atoms with Crippen molar-refractivity contribution in [1.29, 1.82) is 0 Å². The van der Waals surface area contributed by atoms with E-state index in [0.717, 1.165) is 39.6 Å². The monoisotopic (exact) mass is 448 g/mol. The molecule has 0 radical (unpaired) electrons. The number of aromatic nitrogens is 3. The number of carbonyl (C=O) groups is 2. The van der Waals surface area contributed by atoms with Crippen LogP contribution in [0.25, 0.3) is 11.4 Å². The van der Waals surface area contributed by atoms with E-state index in [-0.39, 0.29) is 11.7 Å². The van der Waals surface area contributed by atoms with Crippen molar-refractivity contribution >= 4 is 23.3 Å². The zero-order valence-corrected chi connectivity index (χ0v) is 20.0. The molecule has 0 spiro atoms. The molecule has 8 heteroatoms. The van der Waals surface area contributed by atoms with E-state index in [1.807, 2.05) is 57.3 Å². The number of hydrogen-bond donors (Lipinski definition) is 3. The highest BCUT2D eigenvalue weighted by atomic mass is 16.1. The Balaban J connectivity index is 1.79. The number of Topliss-reactive ketones (excluding diaryl/α,β-unsaturated/α-hetero) is 1. The van der Waals surface area contributed by atoms with Crippen molar-refractivity contribution in [2.75, 3.05) is 30.3 Å². The Morgan fingerprint density at radius 2 is 1.55 bits per heavy atom. The number of nitrogens with zero attached hydrogens (tertiary/aromatic N) is 3. The Morgan fingerprint density at radius 3 is 2.12 bits per heavy atom.